The molecule has 4 rings (SSSR count). The molecule has 0 aromatic heterocycles. The average molecular weight is 429 g/mol. The van der Waals surface area contributed by atoms with Gasteiger partial charge in [-0.1, -0.05) is 43.5 Å². The molecule has 30 heavy (non-hydrogen) atoms. The van der Waals surface area contributed by atoms with Crippen molar-refractivity contribution < 1.29 is 17.9 Å². The molecule has 0 spiro atoms. The van der Waals surface area contributed by atoms with Crippen LogP contribution in [0.4, 0.5) is 0 Å². The molecule has 1 aliphatic heterocycles. The van der Waals surface area contributed by atoms with Crippen molar-refractivity contribution in [2.45, 2.75) is 62.0 Å². The van der Waals surface area contributed by atoms with E-state index in [-0.39, 0.29) is 23.4 Å². The molecule has 2 aromatic rings. The lowest BCUT2D eigenvalue weighted by molar-refractivity contribution is -0.126. The van der Waals surface area contributed by atoms with Crippen molar-refractivity contribution in [1.29, 1.82) is 0 Å². The number of carbonyl (C=O) groups is 1. The first-order valence-corrected chi connectivity index (χ1v) is 12.0. The highest BCUT2D eigenvalue weighted by molar-refractivity contribution is 7.89. The van der Waals surface area contributed by atoms with E-state index in [1.807, 2.05) is 24.3 Å². The number of nitrogens with one attached hydrogen (secondary N) is 1. The molecule has 0 unspecified atom stereocenters. The van der Waals surface area contributed by atoms with Crippen LogP contribution in [0.5, 0.6) is 5.75 Å². The van der Waals surface area contributed by atoms with Gasteiger partial charge in [0.25, 0.3) is 0 Å². The Morgan fingerprint density at radius 1 is 1.00 bits per heavy atom. The van der Waals surface area contributed by atoms with Crippen molar-refractivity contribution >= 4 is 15.9 Å². The largest absolute Gasteiger partial charge is 0.497 e. The van der Waals surface area contributed by atoms with Gasteiger partial charge in [-0.2, -0.15) is 4.31 Å². The van der Waals surface area contributed by atoms with E-state index in [0.717, 1.165) is 36.8 Å². The van der Waals surface area contributed by atoms with Crippen molar-refractivity contribution in [3.8, 4) is 5.75 Å². The van der Waals surface area contributed by atoms with Gasteiger partial charge in [-0.3, -0.25) is 4.79 Å². The molecular formula is C23H28N2O4S. The minimum Gasteiger partial charge on any atom is -0.497 e. The molecule has 1 saturated carbocycles. The van der Waals surface area contributed by atoms with E-state index in [1.54, 1.807) is 12.1 Å². The summed E-state index contributed by atoms with van der Waals surface area (Å²) in [5.74, 6) is 0.387. The van der Waals surface area contributed by atoms with E-state index in [1.165, 1.54) is 30.0 Å². The summed E-state index contributed by atoms with van der Waals surface area (Å²) in [6.45, 7) is 0.188. The number of nitrogens with zero attached hydrogens (tertiary/aromatic N) is 1. The minimum absolute atomic E-state index is 0.133. The number of fused-ring (bicyclic) bond motifs is 1. The Kier molecular flexibility index (Phi) is 6.11. The van der Waals surface area contributed by atoms with E-state index < -0.39 is 16.1 Å². The summed E-state index contributed by atoms with van der Waals surface area (Å²) in [4.78, 5) is 13.4. The maximum absolute atomic E-state index is 13.5. The summed E-state index contributed by atoms with van der Waals surface area (Å²) in [6, 6.07) is 13.4. The Morgan fingerprint density at radius 2 is 1.67 bits per heavy atom. The average Bonchev–Trinajstić information content (AvgIpc) is 2.79. The minimum atomic E-state index is -3.85. The summed E-state index contributed by atoms with van der Waals surface area (Å²) in [6.07, 6.45) is 5.70. The van der Waals surface area contributed by atoms with E-state index in [2.05, 4.69) is 5.32 Å². The van der Waals surface area contributed by atoms with Crippen molar-refractivity contribution in [2.24, 2.45) is 0 Å². The zero-order valence-corrected chi connectivity index (χ0v) is 18.0. The van der Waals surface area contributed by atoms with Crippen LogP contribution in [0.25, 0.3) is 0 Å². The number of sulfonamides is 1. The van der Waals surface area contributed by atoms with Crippen LogP contribution in [0.3, 0.4) is 0 Å². The summed E-state index contributed by atoms with van der Waals surface area (Å²) in [5, 5.41) is 3.13. The van der Waals surface area contributed by atoms with Crippen molar-refractivity contribution in [3.05, 3.63) is 59.7 Å². The quantitative estimate of drug-likeness (QED) is 0.793. The van der Waals surface area contributed by atoms with Crippen molar-refractivity contribution in [3.63, 3.8) is 0 Å². The second-order valence-electron chi connectivity index (χ2n) is 8.06. The molecule has 0 saturated heterocycles. The van der Waals surface area contributed by atoms with Gasteiger partial charge in [0.2, 0.25) is 15.9 Å². The maximum atomic E-state index is 13.5. The first kappa shape index (κ1) is 20.9. The van der Waals surface area contributed by atoms with Crippen molar-refractivity contribution in [2.75, 3.05) is 7.11 Å². The van der Waals surface area contributed by atoms with Gasteiger partial charge in [0.15, 0.2) is 0 Å². The lowest BCUT2D eigenvalue weighted by Gasteiger charge is -2.36. The summed E-state index contributed by atoms with van der Waals surface area (Å²) < 4.78 is 33.5. The van der Waals surface area contributed by atoms with Crippen LogP contribution < -0.4 is 10.1 Å². The van der Waals surface area contributed by atoms with Crippen LogP contribution in [0.15, 0.2) is 53.4 Å². The summed E-state index contributed by atoms with van der Waals surface area (Å²) in [7, 11) is -2.31. The molecule has 0 radical (unpaired) electrons. The molecule has 1 fully saturated rings. The standard InChI is InChI=1S/C23H28N2O4S/c1-29-20-11-13-21(14-12-20)30(27,28)25-16-18-8-6-5-7-17(18)15-22(25)23(26)24-19-9-3-2-4-10-19/h5-8,11-14,19,22H,2-4,9-10,15-16H2,1H3,(H,24,26)/t22-/m0/s1. The molecule has 1 atom stereocenters. The number of hydrogen-bond acceptors (Lipinski definition) is 4. The highest BCUT2D eigenvalue weighted by Crippen LogP contribution is 2.30. The van der Waals surface area contributed by atoms with Gasteiger partial charge in [0.1, 0.15) is 11.8 Å². The van der Waals surface area contributed by atoms with Gasteiger partial charge >= 0.3 is 0 Å². The highest BCUT2D eigenvalue weighted by Gasteiger charge is 2.40. The van der Waals surface area contributed by atoms with Crippen LogP contribution in [0.2, 0.25) is 0 Å². The number of carbonyl (C=O) groups excluding carboxylic acids is 1. The van der Waals surface area contributed by atoms with Crippen LogP contribution in [-0.2, 0) is 27.8 Å². The van der Waals surface area contributed by atoms with Crippen molar-refractivity contribution in [1.82, 2.24) is 9.62 Å². The number of ether oxygens (including phenoxy) is 1. The zero-order chi connectivity index (χ0) is 21.1. The first-order valence-electron chi connectivity index (χ1n) is 10.5. The van der Waals surface area contributed by atoms with E-state index in [0.29, 0.717) is 12.2 Å². The molecule has 1 N–H and O–H groups in total. The molecule has 0 bridgehead atoms. The van der Waals surface area contributed by atoms with Gasteiger partial charge < -0.3 is 10.1 Å². The van der Waals surface area contributed by atoms with Gasteiger partial charge in [-0.15, -0.1) is 0 Å². The number of benzene rings is 2. The normalized spacial score (nSPS) is 20.4. The fourth-order valence-corrected chi connectivity index (χ4v) is 5.97. The summed E-state index contributed by atoms with van der Waals surface area (Å²) >= 11 is 0. The smallest absolute Gasteiger partial charge is 0.244 e. The molecule has 2 aromatic carbocycles. The predicted octanol–water partition coefficient (Wildman–Crippen LogP) is 3.26. The fraction of sp³-hybridized carbons (Fsp3) is 0.435. The van der Waals surface area contributed by atoms with Gasteiger partial charge in [-0.05, 0) is 54.7 Å². The monoisotopic (exact) mass is 428 g/mol. The van der Waals surface area contributed by atoms with Gasteiger partial charge in [0.05, 0.1) is 12.0 Å². The molecule has 1 heterocycles. The fourth-order valence-electron chi connectivity index (χ4n) is 4.40. The Morgan fingerprint density at radius 3 is 2.33 bits per heavy atom. The molecule has 7 heteroatoms. The molecule has 6 nitrogen and oxygen atoms in total. The van der Waals surface area contributed by atoms with Crippen LogP contribution in [0, 0.1) is 0 Å². The third-order valence-corrected chi connectivity index (χ3v) is 7.99. The van der Waals surface area contributed by atoms with E-state index in [4.69, 9.17) is 4.74 Å². The number of rotatable bonds is 5. The summed E-state index contributed by atoms with van der Waals surface area (Å²) in [5.41, 5.74) is 1.97. The Labute approximate surface area is 178 Å². The molecule has 1 amide bonds. The number of methoxy groups -OCH3 is 1. The molecule has 1 aliphatic carbocycles. The first-order chi connectivity index (χ1) is 14.5. The topological polar surface area (TPSA) is 75.7 Å². The third kappa shape index (κ3) is 4.23. The lowest BCUT2D eigenvalue weighted by Crippen LogP contribution is -2.54. The maximum Gasteiger partial charge on any atom is 0.244 e. The molecular weight excluding hydrogens is 400 g/mol. The lowest BCUT2D eigenvalue weighted by atomic mass is 9.93. The molecule has 2 aliphatic rings. The van der Waals surface area contributed by atoms with Gasteiger partial charge in [0, 0.05) is 12.6 Å². The second-order valence-corrected chi connectivity index (χ2v) is 9.95. The number of amides is 1. The highest BCUT2D eigenvalue weighted by atomic mass is 32.2. The van der Waals surface area contributed by atoms with Crippen LogP contribution in [-0.4, -0.2) is 37.8 Å². The second kappa shape index (κ2) is 8.78. The third-order valence-electron chi connectivity index (χ3n) is 6.13. The Hall–Kier alpha value is -2.38. The Bertz CT molecular complexity index is 998. The van der Waals surface area contributed by atoms with Crippen LogP contribution >= 0.6 is 0 Å². The number of hydrogen-bond donors (Lipinski definition) is 1. The SMILES string of the molecule is COc1ccc(S(=O)(=O)N2Cc3ccccc3C[C@H]2C(=O)NC2CCCCC2)cc1. The zero-order valence-electron chi connectivity index (χ0n) is 17.2. The van der Waals surface area contributed by atoms with Crippen LogP contribution in [0.1, 0.15) is 43.2 Å². The Balaban J connectivity index is 1.65. The van der Waals surface area contributed by atoms with Gasteiger partial charge in [-0.25, -0.2) is 8.42 Å². The predicted molar refractivity (Wildman–Crippen MR) is 115 cm³/mol. The van der Waals surface area contributed by atoms with E-state index in [9.17, 15) is 13.2 Å². The van der Waals surface area contributed by atoms with E-state index >= 15 is 0 Å². The molecule has 160 valence electrons.